The number of aromatic amines is 1. The van der Waals surface area contributed by atoms with E-state index in [1.807, 2.05) is 81.7 Å². The molecule has 368 valence electrons. The van der Waals surface area contributed by atoms with Crippen molar-refractivity contribution in [1.82, 2.24) is 45.5 Å². The molecule has 10 rings (SSSR count). The summed E-state index contributed by atoms with van der Waals surface area (Å²) in [5.74, 6) is -0.216. The van der Waals surface area contributed by atoms with Gasteiger partial charge in [-0.2, -0.15) is 0 Å². The highest BCUT2D eigenvalue weighted by molar-refractivity contribution is 7.13. The molecule has 3 aliphatic heterocycles. The molecule has 1 aliphatic carbocycles. The lowest BCUT2D eigenvalue weighted by Gasteiger charge is -2.45. The van der Waals surface area contributed by atoms with E-state index in [1.165, 1.54) is 10.5 Å². The van der Waals surface area contributed by atoms with Crippen LogP contribution in [0.4, 0.5) is 0 Å². The van der Waals surface area contributed by atoms with E-state index < -0.39 is 23.6 Å². The van der Waals surface area contributed by atoms with E-state index in [-0.39, 0.29) is 42.4 Å². The number of likely N-dealkylation sites (tertiary alicyclic amines) is 3. The van der Waals surface area contributed by atoms with Crippen LogP contribution in [0.5, 0.6) is 5.75 Å². The molecule has 0 bridgehead atoms. The number of rotatable bonds is 11. The van der Waals surface area contributed by atoms with Gasteiger partial charge in [0.25, 0.3) is 0 Å². The number of carbonyl (C=O) groups excluding carboxylic acids is 3. The van der Waals surface area contributed by atoms with Crippen LogP contribution in [0, 0.1) is 18.3 Å². The van der Waals surface area contributed by atoms with Gasteiger partial charge in [-0.3, -0.25) is 14.4 Å². The number of benzene rings is 3. The number of H-pyrrole nitrogens is 1. The van der Waals surface area contributed by atoms with Crippen LogP contribution in [0.3, 0.4) is 0 Å². The van der Waals surface area contributed by atoms with Crippen LogP contribution in [-0.4, -0.2) is 126 Å². The number of aliphatic hydroxyl groups is 1. The summed E-state index contributed by atoms with van der Waals surface area (Å²) >= 11 is 1.59. The molecule has 3 saturated heterocycles. The Bertz CT molecular complexity index is 2830. The van der Waals surface area contributed by atoms with Crippen molar-refractivity contribution in [3.8, 4) is 27.4 Å². The lowest BCUT2D eigenvalue weighted by Crippen LogP contribution is -2.58. The third-order valence-electron chi connectivity index (χ3n) is 15.9. The first-order valence-corrected chi connectivity index (χ1v) is 26.3. The summed E-state index contributed by atoms with van der Waals surface area (Å²) in [6.07, 6.45) is 7.38. The Morgan fingerprint density at radius 2 is 1.53 bits per heavy atom. The van der Waals surface area contributed by atoms with E-state index in [4.69, 9.17) is 0 Å². The van der Waals surface area contributed by atoms with Crippen molar-refractivity contribution >= 4 is 51.0 Å². The van der Waals surface area contributed by atoms with Gasteiger partial charge in [0, 0.05) is 59.4 Å². The Labute approximate surface area is 414 Å². The zero-order valence-electron chi connectivity index (χ0n) is 40.9. The number of carbonyl (C=O) groups is 3. The monoisotopic (exact) mass is 965 g/mol. The predicted molar refractivity (Wildman–Crippen MR) is 274 cm³/mol. The van der Waals surface area contributed by atoms with Gasteiger partial charge >= 0.3 is 0 Å². The van der Waals surface area contributed by atoms with E-state index in [0.717, 1.165) is 121 Å². The normalized spacial score (nSPS) is 22.7. The zero-order chi connectivity index (χ0) is 48.7. The highest BCUT2D eigenvalue weighted by Gasteiger charge is 2.45. The quantitative estimate of drug-likeness (QED) is 0.0857. The second-order valence-electron chi connectivity index (χ2n) is 21.4. The van der Waals surface area contributed by atoms with Crippen LogP contribution in [0.2, 0.25) is 0 Å². The number of phenolic OH excluding ortho intramolecular Hbond substituents is 1. The molecule has 0 radical (unpaired) electrons. The van der Waals surface area contributed by atoms with E-state index >= 15 is 0 Å². The average molecular weight is 966 g/mol. The fraction of sp³-hybridized carbons (Fsp3) is 0.491. The van der Waals surface area contributed by atoms with Crippen LogP contribution in [0.1, 0.15) is 101 Å². The number of aromatic hydroxyl groups is 1. The van der Waals surface area contributed by atoms with E-state index in [1.54, 1.807) is 17.4 Å². The number of amides is 3. The molecule has 1 saturated carbocycles. The average Bonchev–Trinajstić information content (AvgIpc) is 4.10. The van der Waals surface area contributed by atoms with Gasteiger partial charge in [-0.05, 0) is 143 Å². The second kappa shape index (κ2) is 20.2. The number of hydrogen-bond donors (Lipinski definition) is 5. The van der Waals surface area contributed by atoms with Crippen LogP contribution in [0.25, 0.3) is 43.6 Å². The number of aliphatic hydroxyl groups excluding tert-OH is 1. The molecule has 3 aromatic carbocycles. The number of thiazole rings is 1. The van der Waals surface area contributed by atoms with Crippen LogP contribution >= 0.6 is 11.3 Å². The molecule has 14 nitrogen and oxygen atoms in total. The van der Waals surface area contributed by atoms with Crippen LogP contribution in [0.15, 0.2) is 78.3 Å². The lowest BCUT2D eigenvalue weighted by molar-refractivity contribution is -0.144. The molecule has 4 aliphatic rings. The van der Waals surface area contributed by atoms with Gasteiger partial charge in [-0.1, -0.05) is 63.2 Å². The molecule has 0 spiro atoms. The fourth-order valence-corrected chi connectivity index (χ4v) is 12.6. The van der Waals surface area contributed by atoms with Gasteiger partial charge in [-0.15, -0.1) is 21.5 Å². The Hall–Kier alpha value is -5.74. The maximum Gasteiger partial charge on any atom is 0.246 e. The number of nitrogens with one attached hydrogen (secondary N) is 3. The lowest BCUT2D eigenvalue weighted by atomic mass is 9.82. The minimum absolute atomic E-state index is 0.0487. The summed E-state index contributed by atoms with van der Waals surface area (Å²) in [6.45, 7) is 12.5. The highest BCUT2D eigenvalue weighted by Crippen LogP contribution is 2.37. The highest BCUT2D eigenvalue weighted by atomic mass is 32.1. The van der Waals surface area contributed by atoms with Gasteiger partial charge in [0.2, 0.25) is 17.7 Å². The minimum atomic E-state index is -0.839. The molecule has 0 unspecified atom stereocenters. The van der Waals surface area contributed by atoms with E-state index in [9.17, 15) is 24.6 Å². The third kappa shape index (κ3) is 10.1. The summed E-state index contributed by atoms with van der Waals surface area (Å²) < 4.78 is 0. The molecule has 3 amide bonds. The van der Waals surface area contributed by atoms with Gasteiger partial charge in [0.05, 0.1) is 27.9 Å². The smallest absolute Gasteiger partial charge is 0.246 e. The molecule has 3 aromatic heterocycles. The molecule has 70 heavy (non-hydrogen) atoms. The number of aromatic nitrogens is 4. The first kappa shape index (κ1) is 47.9. The maximum atomic E-state index is 14.3. The van der Waals surface area contributed by atoms with Gasteiger partial charge < -0.3 is 40.5 Å². The number of aryl methyl sites for hydroxylation is 1. The first-order valence-electron chi connectivity index (χ1n) is 25.4. The minimum Gasteiger partial charge on any atom is -0.507 e. The zero-order valence-corrected chi connectivity index (χ0v) is 41.7. The number of β-amino-alcohol motifs (C(OH)–C–C–N with tert-alkyl or cyclic N) is 1. The van der Waals surface area contributed by atoms with Crippen molar-refractivity contribution in [2.75, 3.05) is 32.7 Å². The Morgan fingerprint density at radius 3 is 2.21 bits per heavy atom. The van der Waals surface area contributed by atoms with Gasteiger partial charge in [-0.25, -0.2) is 4.98 Å². The molecular weight excluding hydrogens is 899 g/mol. The van der Waals surface area contributed by atoms with Crippen molar-refractivity contribution in [3.63, 3.8) is 0 Å². The SMILES string of the molecule is Cc1ncsc1-c1ccc(CNC(=O)[C@@H]2C[C@@H](O)CN2C(=O)[C@@H](NC(=O)C2CCC(N3CCC(N4CCC(c5ccc6[nH]c7nnc(-c8ccccc8O)cc7c6c5)CC4)CC3)CC2)C(C)(C)C)cc1. The van der Waals surface area contributed by atoms with Gasteiger partial charge in [0.1, 0.15) is 17.8 Å². The van der Waals surface area contributed by atoms with Crippen molar-refractivity contribution < 1.29 is 24.6 Å². The molecule has 6 heterocycles. The summed E-state index contributed by atoms with van der Waals surface area (Å²) in [5, 5.41) is 38.4. The predicted octanol–water partition coefficient (Wildman–Crippen LogP) is 7.93. The maximum absolute atomic E-state index is 14.3. The van der Waals surface area contributed by atoms with Gasteiger partial charge in [0.15, 0.2) is 5.65 Å². The van der Waals surface area contributed by atoms with Crippen molar-refractivity contribution in [1.29, 1.82) is 0 Å². The van der Waals surface area contributed by atoms with Crippen LogP contribution in [-0.2, 0) is 20.9 Å². The van der Waals surface area contributed by atoms with E-state index in [0.29, 0.717) is 35.8 Å². The van der Waals surface area contributed by atoms with E-state index in [2.05, 4.69) is 58.8 Å². The Balaban J connectivity index is 0.682. The molecule has 15 heteroatoms. The summed E-state index contributed by atoms with van der Waals surface area (Å²) in [5.41, 5.74) is 8.70. The second-order valence-corrected chi connectivity index (χ2v) is 22.3. The number of piperidine rings is 2. The van der Waals surface area contributed by atoms with Crippen molar-refractivity contribution in [3.05, 3.63) is 95.1 Å². The summed E-state index contributed by atoms with van der Waals surface area (Å²) in [6, 6.07) is 23.4. The Morgan fingerprint density at radius 1 is 0.829 bits per heavy atom. The number of nitrogens with zero attached hydrogens (tertiary/aromatic N) is 6. The number of fused-ring (bicyclic) bond motifs is 3. The number of hydrogen-bond acceptors (Lipinski definition) is 11. The molecule has 5 N–H and O–H groups in total. The Kier molecular flexibility index (Phi) is 13.8. The largest absolute Gasteiger partial charge is 0.507 e. The van der Waals surface area contributed by atoms with Crippen molar-refractivity contribution in [2.24, 2.45) is 11.3 Å². The summed E-state index contributed by atoms with van der Waals surface area (Å²) in [7, 11) is 0. The standard InChI is InChI=1S/C55H67N9O5S/c1-33-49(70-32-57-33)36-11-9-34(10-12-36)30-56-53(68)47-28-41(65)31-64(47)54(69)50(55(2,3)4)59-52(67)37-13-16-39(17-14-37)63-25-21-40(22-26-63)62-23-19-35(20-24-62)38-15-18-45-43(27-38)44-29-46(60-61-51(44)58-45)42-7-5-6-8-48(42)66/h5-12,15,18,27,29,32,35,37,39-41,47,50,65-66H,13-14,16-17,19-26,28,30-31H2,1-4H3,(H,56,68)(H,58,61)(H,59,67)/t37?,39?,41-,47+,50-/m1/s1. The van der Waals surface area contributed by atoms with Crippen LogP contribution < -0.4 is 10.6 Å². The topological polar surface area (TPSA) is 180 Å². The number of phenols is 1. The fourth-order valence-electron chi connectivity index (χ4n) is 11.7. The molecular formula is C55H67N9O5S. The molecule has 3 atom stereocenters. The number of para-hydroxylation sites is 1. The molecule has 6 aromatic rings. The third-order valence-corrected chi connectivity index (χ3v) is 16.8. The summed E-state index contributed by atoms with van der Waals surface area (Å²) in [4.78, 5) is 57.7. The van der Waals surface area contributed by atoms with Crippen molar-refractivity contribution in [2.45, 2.75) is 128 Å². The first-order chi connectivity index (χ1) is 33.8. The molecule has 4 fully saturated rings.